The Balaban J connectivity index is 1.94. The molecule has 0 aliphatic carbocycles. The number of benzene rings is 1. The number of hydrogen-bond donors (Lipinski definition) is 0. The van der Waals surface area contributed by atoms with Gasteiger partial charge in [0.05, 0.1) is 14.7 Å². The SMILES string of the molecule is CC1CSC2(C1)SC(c1ccccc1)=NC2(C)C. The first-order chi connectivity index (χ1) is 8.52. The van der Waals surface area contributed by atoms with Gasteiger partial charge < -0.3 is 0 Å². The van der Waals surface area contributed by atoms with Crippen LogP contribution in [-0.2, 0) is 0 Å². The fourth-order valence-corrected chi connectivity index (χ4v) is 6.35. The minimum atomic E-state index is 0.0399. The molecule has 0 radical (unpaired) electrons. The summed E-state index contributed by atoms with van der Waals surface area (Å²) in [5.41, 5.74) is 1.31. The van der Waals surface area contributed by atoms with Crippen molar-refractivity contribution in [1.29, 1.82) is 0 Å². The molecule has 0 amide bonds. The molecule has 0 bridgehead atoms. The summed E-state index contributed by atoms with van der Waals surface area (Å²) in [6.07, 6.45) is 1.27. The summed E-state index contributed by atoms with van der Waals surface area (Å²) in [5.74, 6) is 2.08. The molecule has 3 rings (SSSR count). The van der Waals surface area contributed by atoms with E-state index >= 15 is 0 Å². The van der Waals surface area contributed by atoms with Crippen LogP contribution in [0, 0.1) is 5.92 Å². The summed E-state index contributed by atoms with van der Waals surface area (Å²) >= 11 is 4.11. The van der Waals surface area contributed by atoms with Gasteiger partial charge in [-0.05, 0) is 31.9 Å². The molecule has 2 heterocycles. The second kappa shape index (κ2) is 4.31. The van der Waals surface area contributed by atoms with Crippen LogP contribution in [0.4, 0.5) is 0 Å². The maximum absolute atomic E-state index is 5.02. The maximum Gasteiger partial charge on any atom is 0.0998 e. The Labute approximate surface area is 118 Å². The van der Waals surface area contributed by atoms with Gasteiger partial charge in [0, 0.05) is 5.56 Å². The number of thioether (sulfide) groups is 2. The summed E-state index contributed by atoms with van der Waals surface area (Å²) < 4.78 is 0.261. The lowest BCUT2D eigenvalue weighted by molar-refractivity contribution is 0.433. The lowest BCUT2D eigenvalue weighted by atomic mass is 9.93. The van der Waals surface area contributed by atoms with E-state index in [0.717, 1.165) is 5.92 Å². The predicted octanol–water partition coefficient (Wildman–Crippen LogP) is 4.43. The Bertz CT molecular complexity index is 481. The number of aliphatic imine (C=N–C) groups is 1. The lowest BCUT2D eigenvalue weighted by Gasteiger charge is -2.34. The fraction of sp³-hybridized carbons (Fsp3) is 0.533. The normalized spacial score (nSPS) is 33.9. The minimum absolute atomic E-state index is 0.0399. The van der Waals surface area contributed by atoms with E-state index < -0.39 is 0 Å². The van der Waals surface area contributed by atoms with Crippen LogP contribution >= 0.6 is 23.5 Å². The van der Waals surface area contributed by atoms with E-state index in [2.05, 4.69) is 62.9 Å². The molecule has 0 N–H and O–H groups in total. The topological polar surface area (TPSA) is 12.4 Å². The van der Waals surface area contributed by atoms with Gasteiger partial charge in [0.25, 0.3) is 0 Å². The van der Waals surface area contributed by atoms with Gasteiger partial charge in [-0.15, -0.1) is 11.8 Å². The van der Waals surface area contributed by atoms with Gasteiger partial charge >= 0.3 is 0 Å². The van der Waals surface area contributed by atoms with Crippen molar-refractivity contribution < 1.29 is 0 Å². The standard InChI is InChI=1S/C15H19NS2/c1-11-9-15(17-10-11)14(2,3)16-13(18-15)12-7-5-4-6-8-12/h4-8,11H,9-10H2,1-3H3. The Morgan fingerprint density at radius 1 is 1.22 bits per heavy atom. The molecule has 0 saturated carbocycles. The van der Waals surface area contributed by atoms with Gasteiger partial charge in [-0.25, -0.2) is 0 Å². The Kier molecular flexibility index (Phi) is 3.02. The van der Waals surface area contributed by atoms with Crippen molar-refractivity contribution in [3.8, 4) is 0 Å². The summed E-state index contributed by atoms with van der Waals surface area (Å²) in [6.45, 7) is 6.95. The predicted molar refractivity (Wildman–Crippen MR) is 83.6 cm³/mol. The third-order valence-corrected chi connectivity index (χ3v) is 7.80. The molecule has 1 nitrogen and oxygen atoms in total. The molecule has 1 aromatic carbocycles. The zero-order valence-electron chi connectivity index (χ0n) is 11.1. The lowest BCUT2D eigenvalue weighted by Crippen LogP contribution is -2.38. The van der Waals surface area contributed by atoms with Gasteiger partial charge in [0.1, 0.15) is 0 Å². The second-order valence-electron chi connectivity index (χ2n) is 5.82. The van der Waals surface area contributed by atoms with Crippen molar-refractivity contribution in [2.75, 3.05) is 5.75 Å². The van der Waals surface area contributed by atoms with E-state index in [-0.39, 0.29) is 9.62 Å². The molecule has 1 aromatic rings. The van der Waals surface area contributed by atoms with Crippen LogP contribution in [-0.4, -0.2) is 20.4 Å². The third kappa shape index (κ3) is 1.92. The fourth-order valence-electron chi connectivity index (χ4n) is 2.70. The highest BCUT2D eigenvalue weighted by molar-refractivity contribution is 8.27. The zero-order valence-corrected chi connectivity index (χ0v) is 12.8. The van der Waals surface area contributed by atoms with E-state index in [1.54, 1.807) is 0 Å². The molecular weight excluding hydrogens is 258 g/mol. The second-order valence-corrected chi connectivity index (χ2v) is 8.68. The summed E-state index contributed by atoms with van der Waals surface area (Å²) in [5, 5.41) is 1.22. The molecule has 2 unspecified atom stereocenters. The molecular formula is C15H19NS2. The quantitative estimate of drug-likeness (QED) is 0.753. The summed E-state index contributed by atoms with van der Waals surface area (Å²) in [7, 11) is 0. The average molecular weight is 277 g/mol. The summed E-state index contributed by atoms with van der Waals surface area (Å²) in [4.78, 5) is 5.02. The van der Waals surface area contributed by atoms with E-state index in [0.29, 0.717) is 0 Å². The van der Waals surface area contributed by atoms with E-state index in [4.69, 9.17) is 4.99 Å². The molecule has 0 aromatic heterocycles. The molecule has 3 heteroatoms. The molecule has 18 heavy (non-hydrogen) atoms. The van der Waals surface area contributed by atoms with Crippen LogP contribution in [0.25, 0.3) is 0 Å². The van der Waals surface area contributed by atoms with Crippen LogP contribution in [0.1, 0.15) is 32.8 Å². The molecule has 1 fully saturated rings. The highest BCUT2D eigenvalue weighted by Crippen LogP contribution is 2.60. The van der Waals surface area contributed by atoms with Crippen LogP contribution in [0.5, 0.6) is 0 Å². The van der Waals surface area contributed by atoms with Gasteiger partial charge in [0.15, 0.2) is 0 Å². The average Bonchev–Trinajstić information content (AvgIpc) is 2.83. The smallest absolute Gasteiger partial charge is 0.0998 e. The minimum Gasteiger partial charge on any atom is -0.269 e. The van der Waals surface area contributed by atoms with Crippen molar-refractivity contribution in [2.45, 2.75) is 36.8 Å². The highest BCUT2D eigenvalue weighted by atomic mass is 32.2. The third-order valence-electron chi connectivity index (χ3n) is 3.81. The number of rotatable bonds is 1. The van der Waals surface area contributed by atoms with Gasteiger partial charge in [-0.3, -0.25) is 4.99 Å². The van der Waals surface area contributed by atoms with Crippen molar-refractivity contribution >= 4 is 28.6 Å². The van der Waals surface area contributed by atoms with Crippen molar-refractivity contribution in [3.63, 3.8) is 0 Å². The van der Waals surface area contributed by atoms with Crippen molar-refractivity contribution in [1.82, 2.24) is 0 Å². The maximum atomic E-state index is 5.02. The highest BCUT2D eigenvalue weighted by Gasteiger charge is 2.55. The van der Waals surface area contributed by atoms with Crippen molar-refractivity contribution in [2.24, 2.45) is 10.9 Å². The first-order valence-electron chi connectivity index (χ1n) is 6.51. The van der Waals surface area contributed by atoms with Crippen LogP contribution in [0.15, 0.2) is 35.3 Å². The molecule has 96 valence electrons. The number of hydrogen-bond acceptors (Lipinski definition) is 3. The van der Waals surface area contributed by atoms with E-state index in [1.165, 1.54) is 22.8 Å². The van der Waals surface area contributed by atoms with E-state index in [9.17, 15) is 0 Å². The van der Waals surface area contributed by atoms with Gasteiger partial charge in [-0.2, -0.15) is 0 Å². The van der Waals surface area contributed by atoms with Crippen molar-refractivity contribution in [3.05, 3.63) is 35.9 Å². The Hall–Kier alpha value is -0.410. The summed E-state index contributed by atoms with van der Waals surface area (Å²) in [6, 6.07) is 10.6. The molecule has 1 spiro atoms. The first kappa shape index (κ1) is 12.6. The van der Waals surface area contributed by atoms with E-state index in [1.807, 2.05) is 11.8 Å². The largest absolute Gasteiger partial charge is 0.269 e. The van der Waals surface area contributed by atoms with Crippen LogP contribution in [0.2, 0.25) is 0 Å². The zero-order chi connectivity index (χ0) is 12.8. The van der Waals surface area contributed by atoms with Gasteiger partial charge in [0.2, 0.25) is 0 Å². The molecule has 2 aliphatic heterocycles. The Morgan fingerprint density at radius 2 is 1.94 bits per heavy atom. The monoisotopic (exact) mass is 277 g/mol. The van der Waals surface area contributed by atoms with Crippen LogP contribution < -0.4 is 0 Å². The van der Waals surface area contributed by atoms with Gasteiger partial charge in [-0.1, -0.05) is 49.0 Å². The molecule has 1 saturated heterocycles. The molecule has 2 aliphatic rings. The molecule has 2 atom stereocenters. The Morgan fingerprint density at radius 3 is 2.56 bits per heavy atom. The van der Waals surface area contributed by atoms with Crippen LogP contribution in [0.3, 0.4) is 0 Å². The first-order valence-corrected chi connectivity index (χ1v) is 8.31. The number of nitrogens with zero attached hydrogens (tertiary/aromatic N) is 1.